The first-order chi connectivity index (χ1) is 8.64. The maximum atomic E-state index is 12.8. The average molecular weight is 273 g/mol. The van der Waals surface area contributed by atoms with Gasteiger partial charge in [0.05, 0.1) is 16.6 Å². The molecule has 0 radical (unpaired) electrons. The number of aryl methyl sites for hydroxylation is 2. The Morgan fingerprint density at radius 2 is 1.42 bits per heavy atom. The predicted octanol–water partition coefficient (Wildman–Crippen LogP) is 0.838. The molecule has 1 heterocycles. The van der Waals surface area contributed by atoms with E-state index in [1.54, 1.807) is 0 Å². The number of nitrogens with zero attached hydrogens (tertiary/aromatic N) is 2. The van der Waals surface area contributed by atoms with Gasteiger partial charge in [-0.05, 0) is 12.1 Å². The highest BCUT2D eigenvalue weighted by Gasteiger charge is 2.33. The molecule has 8 heteroatoms. The lowest BCUT2D eigenvalue weighted by atomic mass is 10.1. The Balaban J connectivity index is 3.04. The van der Waals surface area contributed by atoms with E-state index in [2.05, 4.69) is 0 Å². The summed E-state index contributed by atoms with van der Waals surface area (Å²) in [5.74, 6) is 0. The average Bonchev–Trinajstić information content (AvgIpc) is 2.31. The molecule has 0 fully saturated rings. The molecule has 0 amide bonds. The molecule has 0 saturated carbocycles. The largest absolute Gasteiger partial charge is 0.418 e. The first kappa shape index (κ1) is 13.2. The topological polar surface area (TPSA) is 70.0 Å². The molecule has 0 aliphatic rings. The van der Waals surface area contributed by atoms with E-state index in [1.807, 2.05) is 0 Å². The van der Waals surface area contributed by atoms with Gasteiger partial charge in [0, 0.05) is 19.8 Å². The van der Waals surface area contributed by atoms with Gasteiger partial charge in [-0.3, -0.25) is 9.59 Å². The molecule has 2 N–H and O–H groups in total. The van der Waals surface area contributed by atoms with Crippen molar-refractivity contribution in [1.29, 1.82) is 0 Å². The Morgan fingerprint density at radius 3 is 1.84 bits per heavy atom. The molecule has 2 aromatic rings. The molecule has 1 aromatic carbocycles. The molecular formula is C11H10F3N3O2. The predicted molar refractivity (Wildman–Crippen MR) is 63.8 cm³/mol. The maximum absolute atomic E-state index is 12.8. The lowest BCUT2D eigenvalue weighted by molar-refractivity contribution is -0.136. The van der Waals surface area contributed by atoms with Gasteiger partial charge in [0.25, 0.3) is 0 Å². The SMILES string of the molecule is Cn1c(=O)c(=O)n(C)c2cc(C(F)(F)F)c(N)cc21. The van der Waals surface area contributed by atoms with Crippen LogP contribution in [0.15, 0.2) is 21.7 Å². The minimum atomic E-state index is -4.62. The molecule has 19 heavy (non-hydrogen) atoms. The Bertz CT molecular complexity index is 787. The number of nitrogen functional groups attached to an aromatic ring is 1. The van der Waals surface area contributed by atoms with Crippen LogP contribution in [0.2, 0.25) is 0 Å². The van der Waals surface area contributed by atoms with Crippen LogP contribution in [0.3, 0.4) is 0 Å². The summed E-state index contributed by atoms with van der Waals surface area (Å²) in [6, 6.07) is 1.81. The molecule has 0 unspecified atom stereocenters. The summed E-state index contributed by atoms with van der Waals surface area (Å²) in [5, 5.41) is 0. The highest BCUT2D eigenvalue weighted by Crippen LogP contribution is 2.35. The minimum Gasteiger partial charge on any atom is -0.398 e. The van der Waals surface area contributed by atoms with Gasteiger partial charge in [0.2, 0.25) is 0 Å². The monoisotopic (exact) mass is 273 g/mol. The van der Waals surface area contributed by atoms with Crippen LogP contribution in [0, 0.1) is 0 Å². The first-order valence-corrected chi connectivity index (χ1v) is 5.21. The molecule has 0 bridgehead atoms. The number of alkyl halides is 3. The van der Waals surface area contributed by atoms with E-state index < -0.39 is 28.5 Å². The summed E-state index contributed by atoms with van der Waals surface area (Å²) < 4.78 is 40.1. The quantitative estimate of drug-likeness (QED) is 0.571. The van der Waals surface area contributed by atoms with Crippen LogP contribution in [0.5, 0.6) is 0 Å². The molecule has 2 rings (SSSR count). The van der Waals surface area contributed by atoms with Crippen LogP contribution in [0.25, 0.3) is 11.0 Å². The zero-order valence-electron chi connectivity index (χ0n) is 10.1. The summed E-state index contributed by atoms with van der Waals surface area (Å²) in [6.45, 7) is 0. The second kappa shape index (κ2) is 3.87. The van der Waals surface area contributed by atoms with Gasteiger partial charge in [0.1, 0.15) is 0 Å². The van der Waals surface area contributed by atoms with Crippen molar-refractivity contribution < 1.29 is 13.2 Å². The second-order valence-electron chi connectivity index (χ2n) is 4.15. The van der Waals surface area contributed by atoms with Crippen molar-refractivity contribution in [3.05, 3.63) is 38.4 Å². The third-order valence-corrected chi connectivity index (χ3v) is 2.97. The lowest BCUT2D eigenvalue weighted by Crippen LogP contribution is -2.39. The van der Waals surface area contributed by atoms with Crippen molar-refractivity contribution >= 4 is 16.7 Å². The Morgan fingerprint density at radius 1 is 1.00 bits per heavy atom. The van der Waals surface area contributed by atoms with Gasteiger partial charge in [-0.2, -0.15) is 13.2 Å². The Labute approximate surface area is 104 Å². The van der Waals surface area contributed by atoms with Crippen LogP contribution in [-0.4, -0.2) is 9.13 Å². The van der Waals surface area contributed by atoms with Crippen molar-refractivity contribution in [3.63, 3.8) is 0 Å². The molecule has 0 aliphatic heterocycles. The number of nitrogens with two attached hydrogens (primary N) is 1. The molecule has 5 nitrogen and oxygen atoms in total. The zero-order chi connectivity index (χ0) is 14.5. The van der Waals surface area contributed by atoms with Gasteiger partial charge in [-0.25, -0.2) is 0 Å². The van der Waals surface area contributed by atoms with E-state index in [9.17, 15) is 22.8 Å². The molecule has 102 valence electrons. The number of hydrogen-bond donors (Lipinski definition) is 1. The normalized spacial score (nSPS) is 12.1. The van der Waals surface area contributed by atoms with Gasteiger partial charge < -0.3 is 14.9 Å². The standard InChI is InChI=1S/C11H10F3N3O2/c1-16-7-3-5(11(12,13)14)6(15)4-8(7)17(2)10(19)9(16)18/h3-4H,15H2,1-2H3. The number of rotatable bonds is 0. The van der Waals surface area contributed by atoms with Gasteiger partial charge in [0.15, 0.2) is 0 Å². The summed E-state index contributed by atoms with van der Waals surface area (Å²) in [5.41, 5.74) is 2.27. The van der Waals surface area contributed by atoms with E-state index in [-0.39, 0.29) is 11.0 Å². The van der Waals surface area contributed by atoms with Crippen molar-refractivity contribution in [2.75, 3.05) is 5.73 Å². The summed E-state index contributed by atoms with van der Waals surface area (Å²) in [4.78, 5) is 23.1. The number of halogens is 3. The fourth-order valence-electron chi connectivity index (χ4n) is 1.88. The summed E-state index contributed by atoms with van der Waals surface area (Å²) in [7, 11) is 2.54. The van der Waals surface area contributed by atoms with E-state index in [0.717, 1.165) is 21.3 Å². The van der Waals surface area contributed by atoms with E-state index in [0.29, 0.717) is 0 Å². The molecule has 1 aromatic heterocycles. The van der Waals surface area contributed by atoms with Gasteiger partial charge >= 0.3 is 17.3 Å². The summed E-state index contributed by atoms with van der Waals surface area (Å²) in [6.07, 6.45) is -4.62. The van der Waals surface area contributed by atoms with Crippen LogP contribution in [0.1, 0.15) is 5.56 Å². The van der Waals surface area contributed by atoms with E-state index in [4.69, 9.17) is 5.73 Å². The third kappa shape index (κ3) is 1.88. The summed E-state index contributed by atoms with van der Waals surface area (Å²) >= 11 is 0. The highest BCUT2D eigenvalue weighted by molar-refractivity contribution is 5.81. The van der Waals surface area contributed by atoms with Gasteiger partial charge in [-0.15, -0.1) is 0 Å². The highest BCUT2D eigenvalue weighted by atomic mass is 19.4. The fourth-order valence-corrected chi connectivity index (χ4v) is 1.88. The molecule has 0 saturated heterocycles. The molecule has 0 spiro atoms. The van der Waals surface area contributed by atoms with Crippen molar-refractivity contribution in [2.45, 2.75) is 6.18 Å². The van der Waals surface area contributed by atoms with E-state index in [1.165, 1.54) is 14.1 Å². The zero-order valence-corrected chi connectivity index (χ0v) is 10.1. The molecule has 0 aliphatic carbocycles. The maximum Gasteiger partial charge on any atom is 0.418 e. The van der Waals surface area contributed by atoms with Crippen molar-refractivity contribution in [3.8, 4) is 0 Å². The minimum absolute atomic E-state index is 0.00590. The number of fused-ring (bicyclic) bond motifs is 1. The van der Waals surface area contributed by atoms with E-state index >= 15 is 0 Å². The Kier molecular flexibility index (Phi) is 2.69. The second-order valence-corrected chi connectivity index (χ2v) is 4.15. The number of anilines is 1. The number of hydrogen-bond acceptors (Lipinski definition) is 3. The van der Waals surface area contributed by atoms with Crippen LogP contribution in [-0.2, 0) is 20.3 Å². The lowest BCUT2D eigenvalue weighted by Gasteiger charge is -2.14. The fraction of sp³-hybridized carbons (Fsp3) is 0.273. The number of benzene rings is 1. The van der Waals surface area contributed by atoms with Crippen molar-refractivity contribution in [1.82, 2.24) is 9.13 Å². The van der Waals surface area contributed by atoms with Crippen molar-refractivity contribution in [2.24, 2.45) is 14.1 Å². The van der Waals surface area contributed by atoms with Crippen LogP contribution < -0.4 is 16.9 Å². The number of aromatic nitrogens is 2. The Hall–Kier alpha value is -2.25. The first-order valence-electron chi connectivity index (χ1n) is 5.21. The molecular weight excluding hydrogens is 263 g/mol. The van der Waals surface area contributed by atoms with Gasteiger partial charge in [-0.1, -0.05) is 0 Å². The van der Waals surface area contributed by atoms with Crippen LogP contribution in [0.4, 0.5) is 18.9 Å². The third-order valence-electron chi connectivity index (χ3n) is 2.97. The smallest absolute Gasteiger partial charge is 0.398 e. The molecule has 0 atom stereocenters. The van der Waals surface area contributed by atoms with Crippen LogP contribution >= 0.6 is 0 Å².